The van der Waals surface area contributed by atoms with Crippen LogP contribution < -0.4 is 10.1 Å². The maximum Gasteiger partial charge on any atom is 0.389 e. The van der Waals surface area contributed by atoms with Crippen molar-refractivity contribution in [1.82, 2.24) is 10.3 Å². The van der Waals surface area contributed by atoms with Crippen molar-refractivity contribution in [3.63, 3.8) is 0 Å². The number of fused-ring (bicyclic) bond motifs is 1. The van der Waals surface area contributed by atoms with E-state index in [1.807, 2.05) is 24.3 Å². The van der Waals surface area contributed by atoms with Gasteiger partial charge in [-0.3, -0.25) is 9.78 Å². The highest BCUT2D eigenvalue weighted by atomic mass is 19.4. The number of methoxy groups -OCH3 is 1. The molecule has 1 aromatic heterocycles. The molecular formula is C25H26F4N2O2. The number of nitrogens with zero attached hydrogens (tertiary/aromatic N) is 1. The first-order valence-corrected chi connectivity index (χ1v) is 10.5. The number of carbonyl (C=O) groups is 1. The second kappa shape index (κ2) is 9.77. The minimum Gasteiger partial charge on any atom is -0.496 e. The van der Waals surface area contributed by atoms with Crippen molar-refractivity contribution in [3.05, 3.63) is 71.7 Å². The van der Waals surface area contributed by atoms with Crippen molar-refractivity contribution in [2.24, 2.45) is 0 Å². The van der Waals surface area contributed by atoms with Gasteiger partial charge in [-0.15, -0.1) is 0 Å². The molecule has 1 N–H and O–H groups in total. The Balaban J connectivity index is 2.05. The van der Waals surface area contributed by atoms with Gasteiger partial charge < -0.3 is 10.1 Å². The molecule has 1 heterocycles. The van der Waals surface area contributed by atoms with Crippen LogP contribution in [-0.4, -0.2) is 30.2 Å². The number of hydrogen-bond donors (Lipinski definition) is 1. The molecule has 8 heteroatoms. The Labute approximate surface area is 190 Å². The zero-order valence-electron chi connectivity index (χ0n) is 18.7. The van der Waals surface area contributed by atoms with Gasteiger partial charge in [-0.1, -0.05) is 25.1 Å². The fourth-order valence-electron chi connectivity index (χ4n) is 4.48. The Kier molecular flexibility index (Phi) is 7.25. The van der Waals surface area contributed by atoms with E-state index >= 15 is 0 Å². The van der Waals surface area contributed by atoms with Crippen LogP contribution in [0.5, 0.6) is 5.75 Å². The summed E-state index contributed by atoms with van der Waals surface area (Å²) in [7, 11) is 1.33. The summed E-state index contributed by atoms with van der Waals surface area (Å²) in [6.45, 7) is 2.75. The molecule has 176 valence electrons. The molecule has 0 aliphatic rings. The summed E-state index contributed by atoms with van der Waals surface area (Å²) in [6.07, 6.45) is -3.88. The molecule has 0 saturated carbocycles. The van der Waals surface area contributed by atoms with Crippen LogP contribution in [0.2, 0.25) is 0 Å². The predicted molar refractivity (Wildman–Crippen MR) is 119 cm³/mol. The number of rotatable bonds is 8. The van der Waals surface area contributed by atoms with Gasteiger partial charge in [0.25, 0.3) is 0 Å². The SMILES string of the molecule is COc1ccc(F)cc1C(C)(CC(Cc1ccnc2ccccc12)NC(C)=O)CC(F)(F)F. The van der Waals surface area contributed by atoms with Crippen molar-refractivity contribution in [3.8, 4) is 5.75 Å². The number of benzene rings is 2. The van der Waals surface area contributed by atoms with Gasteiger partial charge in [-0.25, -0.2) is 4.39 Å². The number of para-hydroxylation sites is 1. The van der Waals surface area contributed by atoms with E-state index in [1.54, 1.807) is 12.3 Å². The van der Waals surface area contributed by atoms with E-state index in [9.17, 15) is 22.4 Å². The number of hydrogen-bond acceptors (Lipinski definition) is 3. The van der Waals surface area contributed by atoms with Gasteiger partial charge in [0.15, 0.2) is 0 Å². The minimum absolute atomic E-state index is 0.0808. The zero-order valence-corrected chi connectivity index (χ0v) is 18.7. The van der Waals surface area contributed by atoms with E-state index in [4.69, 9.17) is 4.74 Å². The van der Waals surface area contributed by atoms with E-state index in [-0.39, 0.29) is 30.1 Å². The first-order valence-electron chi connectivity index (χ1n) is 10.5. The lowest BCUT2D eigenvalue weighted by Gasteiger charge is -2.36. The Morgan fingerprint density at radius 1 is 1.15 bits per heavy atom. The molecule has 0 aliphatic carbocycles. The number of aromatic nitrogens is 1. The highest BCUT2D eigenvalue weighted by Crippen LogP contribution is 2.44. The molecule has 4 nitrogen and oxygen atoms in total. The van der Waals surface area contributed by atoms with Gasteiger partial charge in [0.05, 0.1) is 19.0 Å². The van der Waals surface area contributed by atoms with Gasteiger partial charge >= 0.3 is 6.18 Å². The van der Waals surface area contributed by atoms with Crippen molar-refractivity contribution < 1.29 is 27.1 Å². The molecule has 0 spiro atoms. The molecule has 2 unspecified atom stereocenters. The molecule has 0 fully saturated rings. The molecule has 0 bridgehead atoms. The van der Waals surface area contributed by atoms with Gasteiger partial charge in [-0.05, 0) is 48.7 Å². The molecule has 0 saturated heterocycles. The number of alkyl halides is 3. The monoisotopic (exact) mass is 462 g/mol. The maximum atomic E-state index is 14.1. The van der Waals surface area contributed by atoms with Crippen LogP contribution in [-0.2, 0) is 16.6 Å². The lowest BCUT2D eigenvalue weighted by atomic mass is 9.73. The third kappa shape index (κ3) is 6.21. The van der Waals surface area contributed by atoms with Crippen LogP contribution in [0.3, 0.4) is 0 Å². The minimum atomic E-state index is -4.52. The lowest BCUT2D eigenvalue weighted by Crippen LogP contribution is -2.42. The van der Waals surface area contributed by atoms with Crippen LogP contribution in [0.15, 0.2) is 54.7 Å². The van der Waals surface area contributed by atoms with E-state index in [2.05, 4.69) is 10.3 Å². The Morgan fingerprint density at radius 3 is 2.55 bits per heavy atom. The summed E-state index contributed by atoms with van der Waals surface area (Å²) in [5, 5.41) is 3.65. The lowest BCUT2D eigenvalue weighted by molar-refractivity contribution is -0.148. The highest BCUT2D eigenvalue weighted by Gasteiger charge is 2.43. The molecule has 0 radical (unpaired) electrons. The van der Waals surface area contributed by atoms with Gasteiger partial charge in [0.2, 0.25) is 5.91 Å². The van der Waals surface area contributed by atoms with Crippen molar-refractivity contribution in [1.29, 1.82) is 0 Å². The van der Waals surface area contributed by atoms with Gasteiger partial charge in [-0.2, -0.15) is 13.2 Å². The average molecular weight is 462 g/mol. The third-order valence-electron chi connectivity index (χ3n) is 5.71. The Hall–Kier alpha value is -3.16. The van der Waals surface area contributed by atoms with Crippen LogP contribution in [0, 0.1) is 5.82 Å². The zero-order chi connectivity index (χ0) is 24.2. The van der Waals surface area contributed by atoms with Crippen molar-refractivity contribution in [2.75, 3.05) is 7.11 Å². The fraction of sp³-hybridized carbons (Fsp3) is 0.360. The van der Waals surface area contributed by atoms with E-state index in [0.29, 0.717) is 0 Å². The summed E-state index contributed by atoms with van der Waals surface area (Å²) in [6, 6.07) is 12.1. The normalized spacial score (nSPS) is 14.5. The van der Waals surface area contributed by atoms with Crippen molar-refractivity contribution in [2.45, 2.75) is 50.7 Å². The molecule has 2 aromatic carbocycles. The Morgan fingerprint density at radius 2 is 1.88 bits per heavy atom. The molecule has 1 amide bonds. The average Bonchev–Trinajstić information content (AvgIpc) is 2.72. The second-order valence-electron chi connectivity index (χ2n) is 8.49. The van der Waals surface area contributed by atoms with E-state index < -0.39 is 29.9 Å². The number of ether oxygens (including phenoxy) is 1. The summed E-state index contributed by atoms with van der Waals surface area (Å²) < 4.78 is 60.4. The Bertz CT molecular complexity index is 1130. The number of amides is 1. The van der Waals surface area contributed by atoms with E-state index in [1.165, 1.54) is 27.0 Å². The highest BCUT2D eigenvalue weighted by molar-refractivity contribution is 5.82. The standard InChI is InChI=1S/C25H26F4N2O2/c1-16(32)31-19(12-17-10-11-30-22-7-5-4-6-20(17)22)14-24(2,15-25(27,28)29)21-13-18(26)8-9-23(21)33-3/h4-11,13,19H,12,14-15H2,1-3H3,(H,31,32). The number of carbonyl (C=O) groups excluding carboxylic acids is 1. The molecular weight excluding hydrogens is 436 g/mol. The number of halogens is 4. The predicted octanol–water partition coefficient (Wildman–Crippen LogP) is 5.73. The molecule has 33 heavy (non-hydrogen) atoms. The molecule has 2 atom stereocenters. The molecule has 3 aromatic rings. The largest absolute Gasteiger partial charge is 0.496 e. The van der Waals surface area contributed by atoms with Crippen molar-refractivity contribution >= 4 is 16.8 Å². The fourth-order valence-corrected chi connectivity index (χ4v) is 4.48. The van der Waals surface area contributed by atoms with Gasteiger partial charge in [0.1, 0.15) is 11.6 Å². The number of nitrogens with one attached hydrogen (secondary N) is 1. The van der Waals surface area contributed by atoms with Crippen LogP contribution in [0.25, 0.3) is 10.9 Å². The van der Waals surface area contributed by atoms with Crippen LogP contribution in [0.4, 0.5) is 17.6 Å². The summed E-state index contributed by atoms with van der Waals surface area (Å²) >= 11 is 0. The van der Waals surface area contributed by atoms with E-state index in [0.717, 1.165) is 28.6 Å². The topological polar surface area (TPSA) is 51.2 Å². The number of pyridine rings is 1. The maximum absolute atomic E-state index is 14.1. The van der Waals surface area contributed by atoms with Crippen LogP contribution in [0.1, 0.15) is 37.8 Å². The summed E-state index contributed by atoms with van der Waals surface area (Å²) in [5.74, 6) is -0.853. The van der Waals surface area contributed by atoms with Gasteiger partial charge in [0, 0.05) is 35.5 Å². The first-order chi connectivity index (χ1) is 15.5. The van der Waals surface area contributed by atoms with Crippen LogP contribution >= 0.6 is 0 Å². The summed E-state index contributed by atoms with van der Waals surface area (Å²) in [5.41, 5.74) is 0.153. The first kappa shape index (κ1) is 24.5. The smallest absolute Gasteiger partial charge is 0.389 e. The molecule has 0 aliphatic heterocycles. The quantitative estimate of drug-likeness (QED) is 0.435. The summed E-state index contributed by atoms with van der Waals surface area (Å²) in [4.78, 5) is 16.3. The second-order valence-corrected chi connectivity index (χ2v) is 8.49. The molecule has 3 rings (SSSR count). The third-order valence-corrected chi connectivity index (χ3v) is 5.71.